The number of nitrogens with one attached hydrogen (secondary N) is 3. The molecule has 3 rings (SSSR count). The van der Waals surface area contributed by atoms with Crippen molar-refractivity contribution >= 4 is 29.1 Å². The Balaban J connectivity index is 1.47. The van der Waals surface area contributed by atoms with Gasteiger partial charge in [0.25, 0.3) is 0 Å². The predicted octanol–water partition coefficient (Wildman–Crippen LogP) is 2.68. The molecule has 1 aliphatic carbocycles. The van der Waals surface area contributed by atoms with Gasteiger partial charge < -0.3 is 16.0 Å². The summed E-state index contributed by atoms with van der Waals surface area (Å²) in [6.45, 7) is 1.51. The maximum atomic E-state index is 13.6. The van der Waals surface area contributed by atoms with E-state index in [1.54, 1.807) is 42.5 Å². The van der Waals surface area contributed by atoms with Gasteiger partial charge in [-0.3, -0.25) is 14.4 Å². The Morgan fingerprint density at radius 3 is 2.15 bits per heavy atom. The molecule has 0 heterocycles. The molecule has 0 aliphatic heterocycles. The van der Waals surface area contributed by atoms with Crippen LogP contribution in [0.5, 0.6) is 0 Å². The molecule has 0 spiro atoms. The van der Waals surface area contributed by atoms with E-state index >= 15 is 0 Å². The fraction of sp³-hybridized carbons (Fsp3) is 0.250. The van der Waals surface area contributed by atoms with Crippen molar-refractivity contribution in [1.82, 2.24) is 5.32 Å². The second-order valence-electron chi connectivity index (χ2n) is 6.51. The topological polar surface area (TPSA) is 87.3 Å². The Hall–Kier alpha value is -3.22. The third-order valence-electron chi connectivity index (χ3n) is 4.35. The van der Waals surface area contributed by atoms with Crippen molar-refractivity contribution < 1.29 is 18.8 Å². The fourth-order valence-electron chi connectivity index (χ4n) is 2.80. The minimum atomic E-state index is -0.393. The van der Waals surface area contributed by atoms with E-state index in [9.17, 15) is 18.8 Å². The standard InChI is InChI=1S/C20H20FN3O3/c1-12(25)23-14-6-8-15(9-7-14)24-20(27)17-10-16(17)19(26)22-11-13-4-2-3-5-18(13)21/h2-9,16-17H,10-11H2,1H3,(H,22,26)(H,23,25)(H,24,27). The molecule has 27 heavy (non-hydrogen) atoms. The average molecular weight is 369 g/mol. The lowest BCUT2D eigenvalue weighted by Crippen LogP contribution is -2.27. The molecule has 2 atom stereocenters. The van der Waals surface area contributed by atoms with Gasteiger partial charge in [0, 0.05) is 30.4 Å². The predicted molar refractivity (Wildman–Crippen MR) is 99.2 cm³/mol. The van der Waals surface area contributed by atoms with E-state index in [1.807, 2.05) is 0 Å². The summed E-state index contributed by atoms with van der Waals surface area (Å²) >= 11 is 0. The van der Waals surface area contributed by atoms with Gasteiger partial charge in [-0.15, -0.1) is 0 Å². The maximum Gasteiger partial charge on any atom is 0.228 e. The van der Waals surface area contributed by atoms with E-state index in [-0.39, 0.29) is 36.0 Å². The molecule has 7 heteroatoms. The first-order valence-corrected chi connectivity index (χ1v) is 8.63. The molecular formula is C20H20FN3O3. The smallest absolute Gasteiger partial charge is 0.228 e. The molecule has 1 fully saturated rings. The second-order valence-corrected chi connectivity index (χ2v) is 6.51. The SMILES string of the molecule is CC(=O)Nc1ccc(NC(=O)C2CC2C(=O)NCc2ccccc2F)cc1. The molecule has 2 aromatic carbocycles. The van der Waals surface area contributed by atoms with Gasteiger partial charge in [0.2, 0.25) is 17.7 Å². The molecule has 3 N–H and O–H groups in total. The molecule has 0 bridgehead atoms. The van der Waals surface area contributed by atoms with Crippen molar-refractivity contribution in [3.63, 3.8) is 0 Å². The van der Waals surface area contributed by atoms with Crippen molar-refractivity contribution in [2.75, 3.05) is 10.6 Å². The molecule has 0 aromatic heterocycles. The van der Waals surface area contributed by atoms with Gasteiger partial charge >= 0.3 is 0 Å². The number of anilines is 2. The highest BCUT2D eigenvalue weighted by atomic mass is 19.1. The number of carbonyl (C=O) groups excluding carboxylic acids is 3. The van der Waals surface area contributed by atoms with E-state index in [0.29, 0.717) is 23.4 Å². The van der Waals surface area contributed by atoms with Crippen molar-refractivity contribution in [2.24, 2.45) is 11.8 Å². The largest absolute Gasteiger partial charge is 0.352 e. The molecule has 1 saturated carbocycles. The first kappa shape index (κ1) is 18.6. The van der Waals surface area contributed by atoms with Crippen LogP contribution >= 0.6 is 0 Å². The van der Waals surface area contributed by atoms with E-state index in [1.165, 1.54) is 13.0 Å². The molecule has 2 aromatic rings. The minimum absolute atomic E-state index is 0.0982. The zero-order valence-electron chi connectivity index (χ0n) is 14.8. The molecule has 0 saturated heterocycles. The summed E-state index contributed by atoms with van der Waals surface area (Å²) in [6.07, 6.45) is 0.471. The van der Waals surface area contributed by atoms with Crippen LogP contribution in [0.15, 0.2) is 48.5 Å². The first-order valence-electron chi connectivity index (χ1n) is 8.63. The summed E-state index contributed by atoms with van der Waals surface area (Å²) in [7, 11) is 0. The monoisotopic (exact) mass is 369 g/mol. The highest BCUT2D eigenvalue weighted by molar-refractivity contribution is 5.99. The van der Waals surface area contributed by atoms with Gasteiger partial charge in [-0.2, -0.15) is 0 Å². The van der Waals surface area contributed by atoms with Gasteiger partial charge in [0.05, 0.1) is 11.8 Å². The second kappa shape index (κ2) is 7.99. The van der Waals surface area contributed by atoms with E-state index in [0.717, 1.165) is 0 Å². The highest BCUT2D eigenvalue weighted by Gasteiger charge is 2.47. The third-order valence-corrected chi connectivity index (χ3v) is 4.35. The van der Waals surface area contributed by atoms with Crippen molar-refractivity contribution in [1.29, 1.82) is 0 Å². The quantitative estimate of drug-likeness (QED) is 0.732. The van der Waals surface area contributed by atoms with Crippen LogP contribution in [0.3, 0.4) is 0 Å². The minimum Gasteiger partial charge on any atom is -0.352 e. The summed E-state index contributed by atoms with van der Waals surface area (Å²) in [5.74, 6) is -1.80. The number of hydrogen-bond donors (Lipinski definition) is 3. The fourth-order valence-corrected chi connectivity index (χ4v) is 2.80. The average Bonchev–Trinajstić information content (AvgIpc) is 3.43. The van der Waals surface area contributed by atoms with E-state index in [4.69, 9.17) is 0 Å². The molecule has 6 nitrogen and oxygen atoms in total. The normalized spacial score (nSPS) is 17.7. The van der Waals surface area contributed by atoms with Crippen LogP contribution in [0.25, 0.3) is 0 Å². The Kier molecular flexibility index (Phi) is 5.49. The van der Waals surface area contributed by atoms with Crippen molar-refractivity contribution in [3.8, 4) is 0 Å². The summed E-state index contributed by atoms with van der Waals surface area (Å²) in [4.78, 5) is 35.4. The molecule has 3 amide bonds. The van der Waals surface area contributed by atoms with Crippen LogP contribution in [-0.4, -0.2) is 17.7 Å². The molecule has 0 radical (unpaired) electrons. The number of rotatable bonds is 6. The Morgan fingerprint density at radius 2 is 1.52 bits per heavy atom. The van der Waals surface area contributed by atoms with E-state index < -0.39 is 5.92 Å². The Morgan fingerprint density at radius 1 is 0.926 bits per heavy atom. The number of halogens is 1. The summed E-state index contributed by atoms with van der Waals surface area (Å²) in [5, 5.41) is 8.08. The molecule has 2 unspecified atom stereocenters. The lowest BCUT2D eigenvalue weighted by Gasteiger charge is -2.08. The summed E-state index contributed by atoms with van der Waals surface area (Å²) < 4.78 is 13.6. The number of benzene rings is 2. The zero-order valence-corrected chi connectivity index (χ0v) is 14.8. The maximum absolute atomic E-state index is 13.6. The van der Waals surface area contributed by atoms with Crippen LogP contribution in [-0.2, 0) is 20.9 Å². The van der Waals surface area contributed by atoms with Crippen LogP contribution in [0, 0.1) is 17.7 Å². The zero-order chi connectivity index (χ0) is 19.4. The van der Waals surface area contributed by atoms with Gasteiger partial charge in [-0.1, -0.05) is 18.2 Å². The number of hydrogen-bond acceptors (Lipinski definition) is 3. The lowest BCUT2D eigenvalue weighted by molar-refractivity contribution is -0.125. The van der Waals surface area contributed by atoms with Gasteiger partial charge in [0.1, 0.15) is 5.82 Å². The highest BCUT2D eigenvalue weighted by Crippen LogP contribution is 2.39. The summed E-state index contributed by atoms with van der Waals surface area (Å²) in [6, 6.07) is 13.0. The lowest BCUT2D eigenvalue weighted by atomic mass is 10.2. The van der Waals surface area contributed by atoms with Crippen LogP contribution < -0.4 is 16.0 Å². The third kappa shape index (κ3) is 4.91. The number of amides is 3. The van der Waals surface area contributed by atoms with Crippen molar-refractivity contribution in [2.45, 2.75) is 19.9 Å². The Labute approximate surface area is 156 Å². The van der Waals surface area contributed by atoms with Crippen LogP contribution in [0.2, 0.25) is 0 Å². The number of carbonyl (C=O) groups is 3. The van der Waals surface area contributed by atoms with Gasteiger partial charge in [-0.25, -0.2) is 4.39 Å². The first-order chi connectivity index (χ1) is 12.9. The van der Waals surface area contributed by atoms with Crippen molar-refractivity contribution in [3.05, 3.63) is 59.9 Å². The molecular weight excluding hydrogens is 349 g/mol. The van der Waals surface area contributed by atoms with Crippen LogP contribution in [0.4, 0.5) is 15.8 Å². The van der Waals surface area contributed by atoms with Crippen LogP contribution in [0.1, 0.15) is 18.9 Å². The summed E-state index contributed by atoms with van der Waals surface area (Å²) in [5.41, 5.74) is 1.63. The van der Waals surface area contributed by atoms with Gasteiger partial charge in [-0.05, 0) is 36.8 Å². The van der Waals surface area contributed by atoms with Gasteiger partial charge in [0.15, 0.2) is 0 Å². The molecule has 1 aliphatic rings. The van der Waals surface area contributed by atoms with E-state index in [2.05, 4.69) is 16.0 Å². The molecule has 140 valence electrons. The Bertz CT molecular complexity index is 867.